The summed E-state index contributed by atoms with van der Waals surface area (Å²) >= 11 is 1.58. The number of thiazole rings is 1. The van der Waals surface area contributed by atoms with Crippen molar-refractivity contribution in [2.24, 2.45) is 0 Å². The molecule has 0 bridgehead atoms. The maximum absolute atomic E-state index is 12.4. The smallest absolute Gasteiger partial charge is 0.246 e. The highest BCUT2D eigenvalue weighted by atomic mass is 32.1. The van der Waals surface area contributed by atoms with Gasteiger partial charge in [-0.2, -0.15) is 0 Å². The van der Waals surface area contributed by atoms with Gasteiger partial charge in [0.05, 0.1) is 16.8 Å². The number of likely N-dealkylation sites (N-methyl/N-ethyl adjacent to an activating group) is 1. The van der Waals surface area contributed by atoms with Crippen LogP contribution in [0.5, 0.6) is 0 Å². The summed E-state index contributed by atoms with van der Waals surface area (Å²) in [5, 5.41) is 0.841. The van der Waals surface area contributed by atoms with Gasteiger partial charge in [0.2, 0.25) is 11.8 Å². The number of aromatic nitrogens is 1. The number of amides is 2. The van der Waals surface area contributed by atoms with Gasteiger partial charge in [0.25, 0.3) is 0 Å². The highest BCUT2D eigenvalue weighted by Crippen LogP contribution is 2.22. The van der Waals surface area contributed by atoms with Crippen molar-refractivity contribution in [1.29, 1.82) is 0 Å². The van der Waals surface area contributed by atoms with Crippen LogP contribution in [0.1, 0.15) is 18.9 Å². The van der Waals surface area contributed by atoms with Crippen molar-refractivity contribution in [1.82, 2.24) is 19.7 Å². The minimum atomic E-state index is 0.00368. The highest BCUT2D eigenvalue weighted by Gasteiger charge is 2.22. The molecule has 1 saturated heterocycles. The Balaban J connectivity index is 1.50. The second kappa shape index (κ2) is 9.10. The third-order valence-electron chi connectivity index (χ3n) is 4.84. The van der Waals surface area contributed by atoms with E-state index >= 15 is 0 Å². The van der Waals surface area contributed by atoms with Gasteiger partial charge in [-0.1, -0.05) is 12.1 Å². The normalized spacial score (nSPS) is 15.6. The zero-order valence-corrected chi connectivity index (χ0v) is 16.7. The van der Waals surface area contributed by atoms with Crippen LogP contribution in [0.2, 0.25) is 0 Å². The van der Waals surface area contributed by atoms with E-state index in [4.69, 9.17) is 0 Å². The average molecular weight is 387 g/mol. The molecule has 1 aromatic heterocycles. The Morgan fingerprint density at radius 3 is 2.52 bits per heavy atom. The molecule has 6 nitrogen and oxygen atoms in total. The van der Waals surface area contributed by atoms with Gasteiger partial charge >= 0.3 is 0 Å². The number of carbonyl (C=O) groups is 2. The van der Waals surface area contributed by atoms with Crippen molar-refractivity contribution in [3.63, 3.8) is 0 Å². The molecule has 1 aliphatic rings. The fourth-order valence-corrected chi connectivity index (χ4v) is 4.07. The summed E-state index contributed by atoms with van der Waals surface area (Å²) in [4.78, 5) is 35.0. The summed E-state index contributed by atoms with van der Waals surface area (Å²) in [6.45, 7) is 8.66. The number of carbonyl (C=O) groups excluding carboxylic acids is 2. The van der Waals surface area contributed by atoms with E-state index in [1.54, 1.807) is 23.5 Å². The molecule has 0 saturated carbocycles. The number of para-hydroxylation sites is 1. The Morgan fingerprint density at radius 1 is 1.15 bits per heavy atom. The molecule has 0 radical (unpaired) electrons. The molecule has 0 N–H and O–H groups in total. The molecular weight excluding hydrogens is 360 g/mol. The van der Waals surface area contributed by atoms with E-state index in [9.17, 15) is 9.59 Å². The molecule has 1 aromatic carbocycles. The standard InChI is InChI=1S/C20H26N4O2S/c1-3-23(4-2)20(26)15-22-11-13-24(14-12-22)19(25)10-9-18-21-16-7-5-6-8-17(16)27-18/h5-10H,3-4,11-15H2,1-2H3/b10-9+. The van der Waals surface area contributed by atoms with Crippen molar-refractivity contribution in [2.75, 3.05) is 45.8 Å². The predicted molar refractivity (Wildman–Crippen MR) is 110 cm³/mol. The first-order valence-corrected chi connectivity index (χ1v) is 10.2. The second-order valence-corrected chi connectivity index (χ2v) is 7.58. The minimum absolute atomic E-state index is 0.00368. The van der Waals surface area contributed by atoms with Gasteiger partial charge in [0, 0.05) is 45.3 Å². The minimum Gasteiger partial charge on any atom is -0.342 e. The number of piperazine rings is 1. The Hall–Kier alpha value is -2.25. The van der Waals surface area contributed by atoms with Gasteiger partial charge in [-0.3, -0.25) is 14.5 Å². The zero-order valence-electron chi connectivity index (χ0n) is 15.9. The maximum atomic E-state index is 12.4. The third-order valence-corrected chi connectivity index (χ3v) is 5.84. The Kier molecular flexibility index (Phi) is 6.58. The van der Waals surface area contributed by atoms with Crippen molar-refractivity contribution in [2.45, 2.75) is 13.8 Å². The lowest BCUT2D eigenvalue weighted by Crippen LogP contribution is -2.51. The first-order chi connectivity index (χ1) is 13.1. The van der Waals surface area contributed by atoms with E-state index in [0.717, 1.165) is 41.4 Å². The predicted octanol–water partition coefficient (Wildman–Crippen LogP) is 2.32. The number of rotatable bonds is 6. The fourth-order valence-electron chi connectivity index (χ4n) is 3.20. The SMILES string of the molecule is CCN(CC)C(=O)CN1CCN(C(=O)/C=C/c2nc3ccccc3s2)CC1. The zero-order chi connectivity index (χ0) is 19.2. The van der Waals surface area contributed by atoms with Gasteiger partial charge in [-0.25, -0.2) is 4.98 Å². The van der Waals surface area contributed by atoms with Crippen molar-refractivity contribution < 1.29 is 9.59 Å². The lowest BCUT2D eigenvalue weighted by Gasteiger charge is -2.34. The molecule has 0 aliphatic carbocycles. The number of benzene rings is 1. The van der Waals surface area contributed by atoms with Crippen molar-refractivity contribution >= 4 is 39.4 Å². The van der Waals surface area contributed by atoms with Crippen LogP contribution < -0.4 is 0 Å². The number of hydrogen-bond donors (Lipinski definition) is 0. The van der Waals surface area contributed by atoms with E-state index < -0.39 is 0 Å². The summed E-state index contributed by atoms with van der Waals surface area (Å²) < 4.78 is 1.12. The third kappa shape index (κ3) is 4.93. The molecule has 3 rings (SSSR count). The van der Waals surface area contributed by atoms with Crippen LogP contribution in [0, 0.1) is 0 Å². The Labute approximate surface area is 164 Å². The molecule has 27 heavy (non-hydrogen) atoms. The largest absolute Gasteiger partial charge is 0.342 e. The van der Waals surface area contributed by atoms with Crippen LogP contribution in [0.4, 0.5) is 0 Å². The summed E-state index contributed by atoms with van der Waals surface area (Å²) in [6, 6.07) is 7.96. The first-order valence-electron chi connectivity index (χ1n) is 9.43. The molecule has 1 aliphatic heterocycles. The molecule has 1 fully saturated rings. The molecule has 144 valence electrons. The van der Waals surface area contributed by atoms with Crippen molar-refractivity contribution in [3.8, 4) is 0 Å². The molecule has 0 spiro atoms. The lowest BCUT2D eigenvalue weighted by molar-refractivity contribution is -0.133. The highest BCUT2D eigenvalue weighted by molar-refractivity contribution is 7.19. The topological polar surface area (TPSA) is 56.8 Å². The maximum Gasteiger partial charge on any atom is 0.246 e. The van der Waals surface area contributed by atoms with Crippen LogP contribution in [0.3, 0.4) is 0 Å². The second-order valence-electron chi connectivity index (χ2n) is 6.52. The van der Waals surface area contributed by atoms with Gasteiger partial charge in [0.15, 0.2) is 0 Å². The summed E-state index contributed by atoms with van der Waals surface area (Å²) in [6.07, 6.45) is 3.40. The van der Waals surface area contributed by atoms with E-state index in [1.807, 2.05) is 47.9 Å². The molecule has 7 heteroatoms. The Bertz CT molecular complexity index is 787. The summed E-state index contributed by atoms with van der Waals surface area (Å²) in [5.74, 6) is 0.166. The van der Waals surface area contributed by atoms with Crippen LogP contribution in [-0.2, 0) is 9.59 Å². The van der Waals surface area contributed by atoms with Gasteiger partial charge < -0.3 is 9.80 Å². The number of nitrogens with zero attached hydrogens (tertiary/aromatic N) is 4. The van der Waals surface area contributed by atoms with Crippen LogP contribution in [0.15, 0.2) is 30.3 Å². The average Bonchev–Trinajstić information content (AvgIpc) is 3.10. The van der Waals surface area contributed by atoms with Crippen LogP contribution in [-0.4, -0.2) is 77.3 Å². The lowest BCUT2D eigenvalue weighted by atomic mass is 10.3. The summed E-state index contributed by atoms with van der Waals surface area (Å²) in [7, 11) is 0. The summed E-state index contributed by atoms with van der Waals surface area (Å²) in [5.41, 5.74) is 0.959. The van der Waals surface area contributed by atoms with E-state index in [-0.39, 0.29) is 11.8 Å². The first kappa shape index (κ1) is 19.5. The van der Waals surface area contributed by atoms with Gasteiger partial charge in [-0.05, 0) is 32.1 Å². The number of hydrogen-bond acceptors (Lipinski definition) is 5. The fraction of sp³-hybridized carbons (Fsp3) is 0.450. The van der Waals surface area contributed by atoms with E-state index in [0.29, 0.717) is 19.6 Å². The molecule has 0 atom stereocenters. The van der Waals surface area contributed by atoms with Gasteiger partial charge in [-0.15, -0.1) is 11.3 Å². The van der Waals surface area contributed by atoms with E-state index in [2.05, 4.69) is 9.88 Å². The molecule has 2 amide bonds. The number of fused-ring (bicyclic) bond motifs is 1. The molecule has 0 unspecified atom stereocenters. The van der Waals surface area contributed by atoms with Gasteiger partial charge in [0.1, 0.15) is 5.01 Å². The quantitative estimate of drug-likeness (QED) is 0.715. The van der Waals surface area contributed by atoms with Crippen molar-refractivity contribution in [3.05, 3.63) is 35.3 Å². The van der Waals surface area contributed by atoms with Crippen LogP contribution in [0.25, 0.3) is 16.3 Å². The molecule has 2 aromatic rings. The Morgan fingerprint density at radius 2 is 1.85 bits per heavy atom. The molecule has 2 heterocycles. The molecular formula is C20H26N4O2S. The van der Waals surface area contributed by atoms with Crippen LogP contribution >= 0.6 is 11.3 Å². The monoisotopic (exact) mass is 386 g/mol. The van der Waals surface area contributed by atoms with E-state index in [1.165, 1.54) is 0 Å².